The molecule has 20 heavy (non-hydrogen) atoms. The van der Waals surface area contributed by atoms with Crippen LogP contribution in [0.3, 0.4) is 0 Å². The van der Waals surface area contributed by atoms with Crippen LogP contribution in [0, 0.1) is 6.92 Å². The van der Waals surface area contributed by atoms with Gasteiger partial charge in [0.05, 0.1) is 16.3 Å². The molecule has 0 spiro atoms. The minimum Gasteiger partial charge on any atom is -0.316 e. The van der Waals surface area contributed by atoms with E-state index in [0.717, 1.165) is 5.56 Å². The first-order valence-corrected chi connectivity index (χ1v) is 7.67. The van der Waals surface area contributed by atoms with E-state index in [1.54, 1.807) is 43.0 Å². The minimum absolute atomic E-state index is 0.244. The summed E-state index contributed by atoms with van der Waals surface area (Å²) in [5, 5.41) is 7.11. The molecule has 0 unspecified atom stereocenters. The number of benzene rings is 1. The summed E-state index contributed by atoms with van der Waals surface area (Å²) in [4.78, 5) is 0.244. The maximum absolute atomic E-state index is 12.4. The monoisotopic (exact) mass is 294 g/mol. The summed E-state index contributed by atoms with van der Waals surface area (Å²) >= 11 is 0. The highest BCUT2D eigenvalue weighted by Crippen LogP contribution is 2.19. The maximum atomic E-state index is 12.4. The Morgan fingerprint density at radius 1 is 1.35 bits per heavy atom. The molecule has 0 bridgehead atoms. The zero-order chi connectivity index (χ0) is 14.8. The van der Waals surface area contributed by atoms with E-state index < -0.39 is 10.0 Å². The summed E-state index contributed by atoms with van der Waals surface area (Å²) in [6, 6.07) is 6.85. The Kier molecular flexibility index (Phi) is 4.10. The lowest BCUT2D eigenvalue weighted by atomic mass is 10.2. The van der Waals surface area contributed by atoms with E-state index in [1.165, 1.54) is 0 Å². The lowest BCUT2D eigenvalue weighted by Crippen LogP contribution is -2.14. The van der Waals surface area contributed by atoms with Crippen molar-refractivity contribution < 1.29 is 8.42 Å². The third-order valence-corrected chi connectivity index (χ3v) is 4.21. The van der Waals surface area contributed by atoms with Crippen LogP contribution in [-0.4, -0.2) is 25.2 Å². The standard InChI is InChI=1S/C13H18N4O2S/c1-10-13(9-17(3)15-10)16-20(18,19)12-6-4-5-11(7-12)8-14-2/h4-7,9,14,16H,8H2,1-3H3. The van der Waals surface area contributed by atoms with Gasteiger partial charge in [-0.05, 0) is 31.7 Å². The first kappa shape index (κ1) is 14.5. The molecule has 0 aliphatic carbocycles. The zero-order valence-electron chi connectivity index (χ0n) is 11.7. The number of nitrogens with zero attached hydrogens (tertiary/aromatic N) is 2. The van der Waals surface area contributed by atoms with Gasteiger partial charge in [-0.25, -0.2) is 8.42 Å². The topological polar surface area (TPSA) is 76.0 Å². The van der Waals surface area contributed by atoms with E-state index in [-0.39, 0.29) is 4.90 Å². The molecule has 0 saturated carbocycles. The fourth-order valence-corrected chi connectivity index (χ4v) is 3.10. The number of hydrogen-bond acceptors (Lipinski definition) is 4. The third-order valence-electron chi connectivity index (χ3n) is 2.85. The van der Waals surface area contributed by atoms with Crippen LogP contribution in [0.15, 0.2) is 35.4 Å². The van der Waals surface area contributed by atoms with E-state index in [9.17, 15) is 8.42 Å². The van der Waals surface area contributed by atoms with Crippen molar-refractivity contribution >= 4 is 15.7 Å². The van der Waals surface area contributed by atoms with Crippen LogP contribution in [0.5, 0.6) is 0 Å². The Labute approximate surface area is 118 Å². The Bertz CT molecular complexity index is 707. The molecule has 6 nitrogen and oxygen atoms in total. The molecule has 2 rings (SSSR count). The van der Waals surface area contributed by atoms with Crippen LogP contribution in [0.2, 0.25) is 0 Å². The normalized spacial score (nSPS) is 11.6. The number of sulfonamides is 1. The van der Waals surface area contributed by atoms with Gasteiger partial charge in [-0.1, -0.05) is 12.1 Å². The van der Waals surface area contributed by atoms with Crippen LogP contribution < -0.4 is 10.0 Å². The summed E-state index contributed by atoms with van der Waals surface area (Å²) in [5.74, 6) is 0. The van der Waals surface area contributed by atoms with Gasteiger partial charge in [0.1, 0.15) is 0 Å². The van der Waals surface area contributed by atoms with Gasteiger partial charge >= 0.3 is 0 Å². The summed E-state index contributed by atoms with van der Waals surface area (Å²) in [6.45, 7) is 2.38. The number of nitrogens with one attached hydrogen (secondary N) is 2. The number of rotatable bonds is 5. The average Bonchev–Trinajstić information content (AvgIpc) is 2.68. The maximum Gasteiger partial charge on any atom is 0.262 e. The average molecular weight is 294 g/mol. The van der Waals surface area contributed by atoms with Crippen molar-refractivity contribution in [1.82, 2.24) is 15.1 Å². The summed E-state index contributed by atoms with van der Waals surface area (Å²) in [7, 11) is -0.0282. The molecule has 0 amide bonds. The highest BCUT2D eigenvalue weighted by Gasteiger charge is 2.16. The molecule has 0 aliphatic rings. The van der Waals surface area contributed by atoms with Crippen LogP contribution in [0.4, 0.5) is 5.69 Å². The van der Waals surface area contributed by atoms with Crippen molar-refractivity contribution in [3.63, 3.8) is 0 Å². The first-order chi connectivity index (χ1) is 9.42. The lowest BCUT2D eigenvalue weighted by Gasteiger charge is -2.08. The van der Waals surface area contributed by atoms with Crippen LogP contribution in [0.25, 0.3) is 0 Å². The van der Waals surface area contributed by atoms with Crippen LogP contribution in [-0.2, 0) is 23.6 Å². The molecule has 0 aliphatic heterocycles. The van der Waals surface area contributed by atoms with Gasteiger partial charge in [0, 0.05) is 19.8 Å². The molecule has 0 atom stereocenters. The lowest BCUT2D eigenvalue weighted by molar-refractivity contribution is 0.601. The Hall–Kier alpha value is -1.86. The second-order valence-corrected chi connectivity index (χ2v) is 6.27. The number of hydrogen-bond donors (Lipinski definition) is 2. The highest BCUT2D eigenvalue weighted by atomic mass is 32.2. The van der Waals surface area contributed by atoms with Crippen LogP contribution >= 0.6 is 0 Å². The van der Waals surface area contributed by atoms with Crippen molar-refractivity contribution in [2.45, 2.75) is 18.4 Å². The smallest absolute Gasteiger partial charge is 0.262 e. The molecule has 108 valence electrons. The van der Waals surface area contributed by atoms with Crippen molar-refractivity contribution in [2.24, 2.45) is 7.05 Å². The van der Waals surface area contributed by atoms with Crippen molar-refractivity contribution in [1.29, 1.82) is 0 Å². The number of aryl methyl sites for hydroxylation is 2. The van der Waals surface area contributed by atoms with Crippen molar-refractivity contribution in [2.75, 3.05) is 11.8 Å². The first-order valence-electron chi connectivity index (χ1n) is 6.19. The Morgan fingerprint density at radius 3 is 2.70 bits per heavy atom. The van der Waals surface area contributed by atoms with Crippen LogP contribution in [0.1, 0.15) is 11.3 Å². The fraction of sp³-hybridized carbons (Fsp3) is 0.308. The zero-order valence-corrected chi connectivity index (χ0v) is 12.5. The van der Waals surface area contributed by atoms with E-state index in [1.807, 2.05) is 13.1 Å². The molecule has 0 fully saturated rings. The molecule has 1 heterocycles. The molecule has 7 heteroatoms. The number of anilines is 1. The SMILES string of the molecule is CNCc1cccc(S(=O)(=O)Nc2cn(C)nc2C)c1. The molecular formula is C13H18N4O2S. The Morgan fingerprint density at radius 2 is 2.10 bits per heavy atom. The predicted molar refractivity (Wildman–Crippen MR) is 78.0 cm³/mol. The Balaban J connectivity index is 2.30. The third kappa shape index (κ3) is 3.17. The predicted octanol–water partition coefficient (Wildman–Crippen LogP) is 1.25. The van der Waals surface area contributed by atoms with Gasteiger partial charge < -0.3 is 5.32 Å². The van der Waals surface area contributed by atoms with E-state index in [0.29, 0.717) is 17.9 Å². The summed E-state index contributed by atoms with van der Waals surface area (Å²) < 4.78 is 28.8. The van der Waals surface area contributed by atoms with Crippen molar-refractivity contribution in [3.05, 3.63) is 41.7 Å². The van der Waals surface area contributed by atoms with E-state index in [2.05, 4.69) is 15.1 Å². The fourth-order valence-electron chi connectivity index (χ4n) is 1.93. The highest BCUT2D eigenvalue weighted by molar-refractivity contribution is 7.92. The van der Waals surface area contributed by atoms with E-state index >= 15 is 0 Å². The molecular weight excluding hydrogens is 276 g/mol. The number of aromatic nitrogens is 2. The molecule has 1 aromatic carbocycles. The summed E-state index contributed by atoms with van der Waals surface area (Å²) in [5.41, 5.74) is 2.05. The van der Waals surface area contributed by atoms with Gasteiger partial charge in [0.25, 0.3) is 10.0 Å². The van der Waals surface area contributed by atoms with Gasteiger partial charge in [-0.15, -0.1) is 0 Å². The molecule has 0 saturated heterocycles. The molecule has 2 aromatic rings. The second kappa shape index (κ2) is 5.64. The van der Waals surface area contributed by atoms with Gasteiger partial charge in [-0.3, -0.25) is 9.40 Å². The van der Waals surface area contributed by atoms with Crippen molar-refractivity contribution in [3.8, 4) is 0 Å². The largest absolute Gasteiger partial charge is 0.316 e. The van der Waals surface area contributed by atoms with Gasteiger partial charge in [-0.2, -0.15) is 5.10 Å². The second-order valence-electron chi connectivity index (χ2n) is 4.59. The molecule has 1 aromatic heterocycles. The van der Waals surface area contributed by atoms with Gasteiger partial charge in [0.2, 0.25) is 0 Å². The molecule has 0 radical (unpaired) electrons. The molecule has 2 N–H and O–H groups in total. The minimum atomic E-state index is -3.59. The quantitative estimate of drug-likeness (QED) is 0.870. The van der Waals surface area contributed by atoms with Gasteiger partial charge in [0.15, 0.2) is 0 Å². The van der Waals surface area contributed by atoms with E-state index in [4.69, 9.17) is 0 Å². The summed E-state index contributed by atoms with van der Waals surface area (Å²) in [6.07, 6.45) is 1.64.